The lowest BCUT2D eigenvalue weighted by molar-refractivity contribution is -0.0907. The van der Waals surface area contributed by atoms with Gasteiger partial charge in [-0.05, 0) is 57.9 Å². The van der Waals surface area contributed by atoms with Gasteiger partial charge in [0, 0.05) is 37.1 Å². The van der Waals surface area contributed by atoms with Crippen LogP contribution in [0.1, 0.15) is 37.0 Å². The first-order chi connectivity index (χ1) is 19.8. The first kappa shape index (κ1) is 30.0. The second kappa shape index (κ2) is 13.7. The molecule has 9 nitrogen and oxygen atoms in total. The molecule has 4 N–H and O–H groups in total. The Labute approximate surface area is 249 Å². The number of aliphatic hydroxyl groups excluding tert-OH is 1. The van der Waals surface area contributed by atoms with Crippen LogP contribution >= 0.6 is 15.9 Å². The Hall–Kier alpha value is -2.47. The van der Waals surface area contributed by atoms with Gasteiger partial charge in [-0.25, -0.2) is 4.79 Å². The van der Waals surface area contributed by atoms with Crippen molar-refractivity contribution in [2.45, 2.75) is 64.3 Å². The number of rotatable bonds is 12. The van der Waals surface area contributed by atoms with E-state index >= 15 is 0 Å². The summed E-state index contributed by atoms with van der Waals surface area (Å²) in [5.41, 5.74) is 9.80. The number of fused-ring (bicyclic) bond motifs is 2. The number of carbonyl (C=O) groups is 1. The lowest BCUT2D eigenvalue weighted by Crippen LogP contribution is -2.50. The minimum atomic E-state index is -0.838. The summed E-state index contributed by atoms with van der Waals surface area (Å²) in [4.78, 5) is 15.3. The molecule has 0 bridgehead atoms. The van der Waals surface area contributed by atoms with Crippen LogP contribution in [0.4, 0.5) is 4.79 Å². The molecular weight excluding hydrogens is 590 g/mol. The van der Waals surface area contributed by atoms with Crippen molar-refractivity contribution in [1.29, 1.82) is 0 Å². The number of nitrogens with two attached hydrogens (primary N) is 1. The smallest absolute Gasteiger partial charge is 0.407 e. The number of amides is 1. The van der Waals surface area contributed by atoms with E-state index in [4.69, 9.17) is 24.4 Å². The first-order valence-corrected chi connectivity index (χ1v) is 15.1. The summed E-state index contributed by atoms with van der Waals surface area (Å²) < 4.78 is 23.4. The van der Waals surface area contributed by atoms with E-state index in [9.17, 15) is 9.90 Å². The molecule has 3 heterocycles. The van der Waals surface area contributed by atoms with Gasteiger partial charge in [-0.3, -0.25) is 4.90 Å². The Balaban J connectivity index is 1.29. The lowest BCUT2D eigenvalue weighted by Gasteiger charge is -2.31. The quantitative estimate of drug-likeness (QED) is 0.266. The molecule has 2 aliphatic heterocycles. The number of ether oxygens (including phenoxy) is 3. The van der Waals surface area contributed by atoms with Crippen molar-refractivity contribution in [3.8, 4) is 0 Å². The largest absolute Gasteiger partial charge is 0.449 e. The maximum Gasteiger partial charge on any atom is 0.407 e. The molecule has 2 aromatic carbocycles. The Morgan fingerprint density at radius 1 is 1.17 bits per heavy atom. The zero-order chi connectivity index (χ0) is 28.9. The van der Waals surface area contributed by atoms with Crippen molar-refractivity contribution in [3.63, 3.8) is 0 Å². The summed E-state index contributed by atoms with van der Waals surface area (Å²) in [6.45, 7) is 7.39. The van der Waals surface area contributed by atoms with E-state index in [0.29, 0.717) is 49.9 Å². The Kier molecular flexibility index (Phi) is 10.0. The standard InChI is InChI=1S/C31H40BrN3O6/c1-19(2)15-35(16-21-8-9-27-23(12-21)24(14-33)29(32)40-27)17-26(36)25(13-20-6-4-3-5-7-20)34-31(37)41-28-18-39-30-22(28)10-11-38-30/h3-9,12,19,22,25-26,28,30,36H,10-11,13-18,33H2,1-2H3,(H,34,37)/t22-,25-,26+,28-,30+/m0/s1. The number of hydrogen-bond acceptors (Lipinski definition) is 8. The second-order valence-corrected chi connectivity index (χ2v) is 12.2. The van der Waals surface area contributed by atoms with Crippen LogP contribution in [0.15, 0.2) is 57.6 Å². The average molecular weight is 631 g/mol. The molecule has 5 atom stereocenters. The zero-order valence-electron chi connectivity index (χ0n) is 23.6. The Morgan fingerprint density at radius 2 is 1.98 bits per heavy atom. The zero-order valence-corrected chi connectivity index (χ0v) is 25.2. The van der Waals surface area contributed by atoms with E-state index in [2.05, 4.69) is 46.1 Å². The van der Waals surface area contributed by atoms with Gasteiger partial charge < -0.3 is 34.8 Å². The lowest BCUT2D eigenvalue weighted by atomic mass is 10.00. The number of hydrogen-bond donors (Lipinski definition) is 3. The predicted molar refractivity (Wildman–Crippen MR) is 159 cm³/mol. The summed E-state index contributed by atoms with van der Waals surface area (Å²) in [5.74, 6) is 0.427. The number of carbonyl (C=O) groups excluding carboxylic acids is 1. The molecule has 2 aliphatic rings. The number of nitrogens with one attached hydrogen (secondary N) is 1. The van der Waals surface area contributed by atoms with Gasteiger partial charge in [0.05, 0.1) is 31.3 Å². The summed E-state index contributed by atoms with van der Waals surface area (Å²) in [5, 5.41) is 15.5. The van der Waals surface area contributed by atoms with Crippen molar-refractivity contribution >= 4 is 33.0 Å². The minimum Gasteiger partial charge on any atom is -0.449 e. The third kappa shape index (κ3) is 7.49. The molecule has 3 aromatic rings. The summed E-state index contributed by atoms with van der Waals surface area (Å²) in [7, 11) is 0. The molecule has 0 saturated carbocycles. The number of nitrogens with zero attached hydrogens (tertiary/aromatic N) is 1. The molecule has 2 fully saturated rings. The van der Waals surface area contributed by atoms with Crippen molar-refractivity contribution in [1.82, 2.24) is 10.2 Å². The topological polar surface area (TPSA) is 119 Å². The van der Waals surface area contributed by atoms with Crippen molar-refractivity contribution in [2.75, 3.05) is 26.3 Å². The fraction of sp³-hybridized carbons (Fsp3) is 0.516. The third-order valence-corrected chi connectivity index (χ3v) is 8.44. The molecular formula is C31H40BrN3O6. The Bertz CT molecular complexity index is 1300. The molecule has 0 radical (unpaired) electrons. The van der Waals surface area contributed by atoms with Crippen LogP contribution in [0.3, 0.4) is 0 Å². The third-order valence-electron chi connectivity index (χ3n) is 7.79. The summed E-state index contributed by atoms with van der Waals surface area (Å²) in [6, 6.07) is 15.4. The van der Waals surface area contributed by atoms with Crippen LogP contribution in [-0.2, 0) is 33.7 Å². The molecule has 10 heteroatoms. The molecule has 222 valence electrons. The van der Waals surface area contributed by atoms with Crippen LogP contribution in [0, 0.1) is 11.8 Å². The van der Waals surface area contributed by atoms with Crippen LogP contribution < -0.4 is 11.1 Å². The van der Waals surface area contributed by atoms with E-state index in [1.165, 1.54) is 0 Å². The highest BCUT2D eigenvalue weighted by Gasteiger charge is 2.44. The van der Waals surface area contributed by atoms with Gasteiger partial charge in [-0.2, -0.15) is 0 Å². The van der Waals surface area contributed by atoms with Gasteiger partial charge in [-0.1, -0.05) is 50.2 Å². The molecule has 5 rings (SSSR count). The normalized spacial score (nSPS) is 21.9. The number of alkyl carbamates (subject to hydrolysis) is 1. The predicted octanol–water partition coefficient (Wildman–Crippen LogP) is 4.57. The van der Waals surface area contributed by atoms with E-state index in [1.54, 1.807) is 0 Å². The minimum absolute atomic E-state index is 0.0488. The van der Waals surface area contributed by atoms with Crippen LogP contribution in [0.25, 0.3) is 11.0 Å². The van der Waals surface area contributed by atoms with Gasteiger partial charge in [-0.15, -0.1) is 0 Å². The fourth-order valence-corrected chi connectivity index (χ4v) is 6.40. The molecule has 2 saturated heterocycles. The number of benzene rings is 2. The monoisotopic (exact) mass is 629 g/mol. The number of furan rings is 1. The van der Waals surface area contributed by atoms with Gasteiger partial charge in [0.2, 0.25) is 0 Å². The molecule has 41 heavy (non-hydrogen) atoms. The van der Waals surface area contributed by atoms with Gasteiger partial charge >= 0.3 is 6.09 Å². The van der Waals surface area contributed by atoms with Crippen molar-refractivity contribution < 1.29 is 28.5 Å². The van der Waals surface area contributed by atoms with Gasteiger partial charge in [0.1, 0.15) is 11.7 Å². The molecule has 0 spiro atoms. The molecule has 0 unspecified atom stereocenters. The van der Waals surface area contributed by atoms with Crippen molar-refractivity contribution in [3.05, 3.63) is 69.9 Å². The van der Waals surface area contributed by atoms with Crippen LogP contribution in [-0.4, -0.2) is 66.9 Å². The highest BCUT2D eigenvalue weighted by molar-refractivity contribution is 9.10. The maximum absolute atomic E-state index is 13.1. The summed E-state index contributed by atoms with van der Waals surface area (Å²) in [6.07, 6.45) is -0.769. The number of aliphatic hydroxyl groups is 1. The van der Waals surface area contributed by atoms with Crippen molar-refractivity contribution in [2.24, 2.45) is 17.6 Å². The highest BCUT2D eigenvalue weighted by Crippen LogP contribution is 2.33. The Morgan fingerprint density at radius 3 is 2.73 bits per heavy atom. The number of halogens is 1. The van der Waals surface area contributed by atoms with Crippen LogP contribution in [0.5, 0.6) is 0 Å². The molecule has 1 aromatic heterocycles. The van der Waals surface area contributed by atoms with E-state index < -0.39 is 18.2 Å². The maximum atomic E-state index is 13.1. The van der Waals surface area contributed by atoms with E-state index in [-0.39, 0.29) is 18.3 Å². The van der Waals surface area contributed by atoms with Crippen LogP contribution in [0.2, 0.25) is 0 Å². The average Bonchev–Trinajstić information content (AvgIpc) is 3.63. The SMILES string of the molecule is CC(C)CN(Cc1ccc2oc(Br)c(CN)c2c1)C[C@@H](O)[C@H](Cc1ccccc1)NC(=O)O[C@H]1CO[C@H]2OCC[C@H]21. The van der Waals surface area contributed by atoms with E-state index in [0.717, 1.165) is 40.6 Å². The molecule has 0 aliphatic carbocycles. The van der Waals surface area contributed by atoms with E-state index in [1.807, 2.05) is 42.5 Å². The second-order valence-electron chi connectivity index (χ2n) is 11.5. The first-order valence-electron chi connectivity index (χ1n) is 14.3. The molecule has 1 amide bonds. The summed E-state index contributed by atoms with van der Waals surface area (Å²) >= 11 is 3.47. The van der Waals surface area contributed by atoms with Gasteiger partial charge in [0.25, 0.3) is 0 Å². The fourth-order valence-electron chi connectivity index (χ4n) is 5.85. The highest BCUT2D eigenvalue weighted by atomic mass is 79.9. The van der Waals surface area contributed by atoms with Gasteiger partial charge in [0.15, 0.2) is 11.0 Å².